The Hall–Kier alpha value is -2.55. The van der Waals surface area contributed by atoms with Crippen molar-refractivity contribution in [2.75, 3.05) is 0 Å². The van der Waals surface area contributed by atoms with E-state index in [1.807, 2.05) is 54.3 Å². The van der Waals surface area contributed by atoms with Crippen molar-refractivity contribution in [2.24, 2.45) is 5.92 Å². The molecule has 0 spiro atoms. The van der Waals surface area contributed by atoms with Gasteiger partial charge in [-0.05, 0) is 55.5 Å². The van der Waals surface area contributed by atoms with Crippen LogP contribution in [-0.4, -0.2) is 27.9 Å². The van der Waals surface area contributed by atoms with Crippen molar-refractivity contribution in [2.45, 2.75) is 57.5 Å². The van der Waals surface area contributed by atoms with Crippen molar-refractivity contribution in [1.82, 2.24) is 4.90 Å². The van der Waals surface area contributed by atoms with E-state index in [1.54, 1.807) is 12.1 Å². The molecule has 1 heterocycles. The molecule has 0 radical (unpaired) electrons. The van der Waals surface area contributed by atoms with Crippen LogP contribution in [0.4, 0.5) is 0 Å². The second kappa shape index (κ2) is 13.1. The molecule has 1 aliphatic rings. The zero-order valence-corrected chi connectivity index (χ0v) is 19.6. The second-order valence-corrected chi connectivity index (χ2v) is 8.61. The summed E-state index contributed by atoms with van der Waals surface area (Å²) >= 11 is 11.5. The highest BCUT2D eigenvalue weighted by atomic mass is 35.5. The first-order valence-electron chi connectivity index (χ1n) is 10.7. The number of aliphatic carboxylic acids is 1. The van der Waals surface area contributed by atoms with E-state index in [9.17, 15) is 9.59 Å². The van der Waals surface area contributed by atoms with Crippen LogP contribution in [-0.2, 0) is 9.59 Å². The summed E-state index contributed by atoms with van der Waals surface area (Å²) in [7, 11) is 0. The summed E-state index contributed by atoms with van der Waals surface area (Å²) in [5.74, 6) is -1.55. The van der Waals surface area contributed by atoms with Gasteiger partial charge in [-0.3, -0.25) is 9.59 Å². The van der Waals surface area contributed by atoms with Gasteiger partial charge in [0.15, 0.2) is 0 Å². The van der Waals surface area contributed by atoms with Crippen LogP contribution in [0.5, 0.6) is 0 Å². The Kier molecular flexibility index (Phi) is 10.5. The number of nitriles is 1. The van der Waals surface area contributed by atoms with E-state index in [0.717, 1.165) is 17.0 Å². The zero-order chi connectivity index (χ0) is 23.5. The molecule has 2 aromatic carbocycles. The van der Waals surface area contributed by atoms with E-state index < -0.39 is 11.9 Å². The first kappa shape index (κ1) is 25.7. The molecule has 0 saturated carbocycles. The van der Waals surface area contributed by atoms with Crippen LogP contribution in [0.25, 0.3) is 0 Å². The van der Waals surface area contributed by atoms with Gasteiger partial charge in [0.25, 0.3) is 0 Å². The number of amides is 1. The minimum absolute atomic E-state index is 0.0653. The van der Waals surface area contributed by atoms with Gasteiger partial charge in [0.2, 0.25) is 5.91 Å². The van der Waals surface area contributed by atoms with Crippen molar-refractivity contribution in [3.05, 3.63) is 70.2 Å². The third kappa shape index (κ3) is 7.55. The molecule has 0 bridgehead atoms. The molecule has 32 heavy (non-hydrogen) atoms. The molecule has 1 aliphatic heterocycles. The monoisotopic (exact) mass is 474 g/mol. The summed E-state index contributed by atoms with van der Waals surface area (Å²) < 4.78 is 0. The number of piperidine rings is 1. The molecular weight excluding hydrogens is 447 g/mol. The number of carbonyl (C=O) groups excluding carboxylic acids is 1. The molecule has 1 N–H and O–H groups in total. The van der Waals surface area contributed by atoms with Crippen LogP contribution < -0.4 is 0 Å². The van der Waals surface area contributed by atoms with Crippen LogP contribution in [0.1, 0.15) is 57.1 Å². The summed E-state index contributed by atoms with van der Waals surface area (Å²) in [5, 5.41) is 19.4. The first-order chi connectivity index (χ1) is 15.4. The fourth-order valence-electron chi connectivity index (χ4n) is 4.02. The lowest BCUT2D eigenvalue weighted by Crippen LogP contribution is -2.49. The van der Waals surface area contributed by atoms with Gasteiger partial charge in [0.1, 0.15) is 0 Å². The summed E-state index contributed by atoms with van der Waals surface area (Å²) in [5.41, 5.74) is 1.00. The molecule has 1 amide bonds. The third-order valence-corrected chi connectivity index (χ3v) is 6.09. The number of halogens is 2. The molecular formula is C25H28Cl2N2O3. The number of hydrogen-bond donors (Lipinski definition) is 1. The van der Waals surface area contributed by atoms with Crippen LogP contribution in [0, 0.1) is 17.2 Å². The second-order valence-electron chi connectivity index (χ2n) is 7.74. The maximum atomic E-state index is 13.0. The highest BCUT2D eigenvalue weighted by Gasteiger charge is 2.39. The zero-order valence-electron chi connectivity index (χ0n) is 18.1. The minimum Gasteiger partial charge on any atom is -0.481 e. The van der Waals surface area contributed by atoms with Crippen LogP contribution in [0.15, 0.2) is 54.6 Å². The summed E-state index contributed by atoms with van der Waals surface area (Å²) in [6.07, 6.45) is 2.84. The van der Waals surface area contributed by atoms with Crippen LogP contribution in [0.3, 0.4) is 0 Å². The average molecular weight is 475 g/mol. The smallest absolute Gasteiger partial charge is 0.304 e. The van der Waals surface area contributed by atoms with E-state index in [1.165, 1.54) is 0 Å². The van der Waals surface area contributed by atoms with Crippen molar-refractivity contribution in [3.63, 3.8) is 0 Å². The molecule has 2 aromatic rings. The Bertz CT molecular complexity index is 913. The fraction of sp³-hybridized carbons (Fsp3) is 0.400. The van der Waals surface area contributed by atoms with Crippen molar-refractivity contribution in [3.8, 4) is 6.07 Å². The largest absolute Gasteiger partial charge is 0.481 e. The number of carbonyl (C=O) groups is 2. The lowest BCUT2D eigenvalue weighted by atomic mass is 9.84. The standard InChI is InChI=1S/C19H23ClN2O3.C6H5Cl/c1-2-16(4-3-11-21)22-17(13-5-8-15(20)9-6-13)10-7-14(19(22)25)12-18(23)24;7-6-4-2-1-3-5-6/h5-6,8-9,14,16-17H,2-4,7,10,12H2,1H3,(H,23,24);1-5H/t14-,16+,17+;/m1./s1. The molecule has 3 atom stereocenters. The quantitative estimate of drug-likeness (QED) is 0.495. The normalized spacial score (nSPS) is 18.8. The highest BCUT2D eigenvalue weighted by molar-refractivity contribution is 6.30. The summed E-state index contributed by atoms with van der Waals surface area (Å²) in [6.45, 7) is 2.00. The summed E-state index contributed by atoms with van der Waals surface area (Å²) in [4.78, 5) is 26.0. The number of carboxylic acids is 1. The number of likely N-dealkylation sites (tertiary alicyclic amines) is 1. The first-order valence-corrected chi connectivity index (χ1v) is 11.5. The van der Waals surface area contributed by atoms with E-state index in [2.05, 4.69) is 6.07 Å². The van der Waals surface area contributed by atoms with Gasteiger partial charge in [-0.1, -0.05) is 60.5 Å². The third-order valence-electron chi connectivity index (χ3n) is 5.59. The molecule has 3 rings (SSSR count). The van der Waals surface area contributed by atoms with E-state index >= 15 is 0 Å². The molecule has 0 unspecified atom stereocenters. The van der Waals surface area contributed by atoms with Gasteiger partial charge in [-0.15, -0.1) is 0 Å². The Labute approximate surface area is 199 Å². The van der Waals surface area contributed by atoms with Crippen LogP contribution >= 0.6 is 23.2 Å². The van der Waals surface area contributed by atoms with Gasteiger partial charge >= 0.3 is 5.97 Å². The molecule has 7 heteroatoms. The van der Waals surface area contributed by atoms with E-state index in [4.69, 9.17) is 33.6 Å². The number of nitrogens with zero attached hydrogens (tertiary/aromatic N) is 2. The summed E-state index contributed by atoms with van der Waals surface area (Å²) in [6, 6.07) is 18.9. The maximum absolute atomic E-state index is 13.0. The molecule has 5 nitrogen and oxygen atoms in total. The predicted molar refractivity (Wildman–Crippen MR) is 126 cm³/mol. The Balaban J connectivity index is 0.000000439. The predicted octanol–water partition coefficient (Wildman–Crippen LogP) is 6.52. The van der Waals surface area contributed by atoms with Crippen molar-refractivity contribution >= 4 is 35.1 Å². The van der Waals surface area contributed by atoms with Gasteiger partial charge in [0, 0.05) is 28.4 Å². The highest BCUT2D eigenvalue weighted by Crippen LogP contribution is 2.38. The maximum Gasteiger partial charge on any atom is 0.304 e. The molecule has 0 aliphatic carbocycles. The molecule has 1 fully saturated rings. The fourth-order valence-corrected chi connectivity index (χ4v) is 4.29. The van der Waals surface area contributed by atoms with Gasteiger partial charge in [-0.25, -0.2) is 0 Å². The Morgan fingerprint density at radius 1 is 1.12 bits per heavy atom. The van der Waals surface area contributed by atoms with E-state index in [0.29, 0.717) is 30.7 Å². The Morgan fingerprint density at radius 2 is 1.75 bits per heavy atom. The van der Waals surface area contributed by atoms with Crippen molar-refractivity contribution in [1.29, 1.82) is 5.26 Å². The molecule has 1 saturated heterocycles. The molecule has 0 aromatic heterocycles. The minimum atomic E-state index is -0.951. The lowest BCUT2D eigenvalue weighted by Gasteiger charge is -2.44. The number of carboxylic acid groups (broad SMARTS) is 1. The Morgan fingerprint density at radius 3 is 2.25 bits per heavy atom. The SMILES string of the molecule is CC[C@@H](CCC#N)N1C(=O)[C@@H](CC(=O)O)CC[C@H]1c1ccc(Cl)cc1.Clc1ccccc1. The van der Waals surface area contributed by atoms with Gasteiger partial charge in [-0.2, -0.15) is 5.26 Å². The van der Waals surface area contributed by atoms with Gasteiger partial charge in [0.05, 0.1) is 18.5 Å². The number of rotatable bonds is 7. The number of benzene rings is 2. The molecule has 170 valence electrons. The van der Waals surface area contributed by atoms with Crippen molar-refractivity contribution < 1.29 is 14.7 Å². The van der Waals surface area contributed by atoms with Gasteiger partial charge < -0.3 is 10.0 Å². The lowest BCUT2D eigenvalue weighted by molar-refractivity contribution is -0.151. The number of hydrogen-bond acceptors (Lipinski definition) is 3. The average Bonchev–Trinajstić information content (AvgIpc) is 2.78. The van der Waals surface area contributed by atoms with E-state index in [-0.39, 0.29) is 24.4 Å². The van der Waals surface area contributed by atoms with Crippen LogP contribution in [0.2, 0.25) is 10.0 Å². The topological polar surface area (TPSA) is 81.4 Å².